The number of hydrogen-bond donors (Lipinski definition) is 2. The quantitative estimate of drug-likeness (QED) is 0.782. The Morgan fingerprint density at radius 2 is 2.31 bits per heavy atom. The van der Waals surface area contributed by atoms with Crippen molar-refractivity contribution in [3.63, 3.8) is 0 Å². The molecule has 1 amide bonds. The Bertz CT molecular complexity index is 508. The maximum Gasteiger partial charge on any atom is 0.267 e. The smallest absolute Gasteiger partial charge is 0.267 e. The summed E-state index contributed by atoms with van der Waals surface area (Å²) in [5.74, 6) is -0.161. The second-order valence-electron chi connectivity index (χ2n) is 3.39. The molecule has 0 radical (unpaired) electrons. The van der Waals surface area contributed by atoms with Crippen molar-refractivity contribution in [2.24, 2.45) is 0 Å². The van der Waals surface area contributed by atoms with Crippen LogP contribution in [0.1, 0.15) is 15.2 Å². The number of anilines is 2. The number of aryl methyl sites for hydroxylation is 1. The minimum absolute atomic E-state index is 0.161. The van der Waals surface area contributed by atoms with E-state index in [1.807, 2.05) is 19.1 Å². The van der Waals surface area contributed by atoms with Crippen molar-refractivity contribution in [2.75, 3.05) is 11.1 Å². The standard InChI is InChI=1S/C11H11N3OS/c1-7-2-3-8(4-9(7)12)14-11(15)10-5-13-6-16-10/h2-6H,12H2,1H3,(H,14,15). The Kier molecular flexibility index (Phi) is 2.87. The highest BCUT2D eigenvalue weighted by atomic mass is 32.1. The SMILES string of the molecule is Cc1ccc(NC(=O)c2cncs2)cc1N. The molecule has 1 aromatic heterocycles. The van der Waals surface area contributed by atoms with E-state index in [0.29, 0.717) is 16.3 Å². The molecule has 0 spiro atoms. The summed E-state index contributed by atoms with van der Waals surface area (Å²) in [5.41, 5.74) is 9.74. The molecule has 0 saturated carbocycles. The van der Waals surface area contributed by atoms with Crippen LogP contribution in [0.25, 0.3) is 0 Å². The number of nitrogens with two attached hydrogens (primary N) is 1. The molecule has 16 heavy (non-hydrogen) atoms. The Balaban J connectivity index is 2.15. The van der Waals surface area contributed by atoms with Crippen LogP contribution in [0, 0.1) is 6.92 Å². The lowest BCUT2D eigenvalue weighted by Gasteiger charge is -2.05. The third-order valence-corrected chi connectivity index (χ3v) is 2.97. The molecule has 0 aliphatic heterocycles. The van der Waals surface area contributed by atoms with Crippen LogP contribution in [0.4, 0.5) is 11.4 Å². The zero-order valence-corrected chi connectivity index (χ0v) is 9.54. The highest BCUT2D eigenvalue weighted by molar-refractivity contribution is 7.11. The average Bonchev–Trinajstić information content (AvgIpc) is 2.77. The average molecular weight is 233 g/mol. The largest absolute Gasteiger partial charge is 0.398 e. The molecular weight excluding hydrogens is 222 g/mol. The van der Waals surface area contributed by atoms with Crippen LogP contribution in [0.3, 0.4) is 0 Å². The van der Waals surface area contributed by atoms with E-state index < -0.39 is 0 Å². The van der Waals surface area contributed by atoms with Gasteiger partial charge in [0.1, 0.15) is 4.88 Å². The van der Waals surface area contributed by atoms with E-state index >= 15 is 0 Å². The predicted molar refractivity (Wildman–Crippen MR) is 65.7 cm³/mol. The second kappa shape index (κ2) is 4.32. The van der Waals surface area contributed by atoms with Crippen molar-refractivity contribution in [1.29, 1.82) is 0 Å². The number of rotatable bonds is 2. The Labute approximate surface area is 97.1 Å². The lowest BCUT2D eigenvalue weighted by molar-refractivity contribution is 0.103. The first kappa shape index (κ1) is 10.6. The van der Waals surface area contributed by atoms with E-state index in [9.17, 15) is 4.79 Å². The van der Waals surface area contributed by atoms with Crippen molar-refractivity contribution in [3.05, 3.63) is 40.3 Å². The van der Waals surface area contributed by atoms with Crippen LogP contribution in [0.15, 0.2) is 29.9 Å². The lowest BCUT2D eigenvalue weighted by atomic mass is 10.2. The molecule has 0 saturated heterocycles. The van der Waals surface area contributed by atoms with Gasteiger partial charge in [0, 0.05) is 11.4 Å². The van der Waals surface area contributed by atoms with Crippen LogP contribution in [-0.2, 0) is 0 Å². The molecule has 5 heteroatoms. The van der Waals surface area contributed by atoms with Gasteiger partial charge in [-0.3, -0.25) is 9.78 Å². The molecule has 0 fully saturated rings. The number of thiazole rings is 1. The molecule has 0 aliphatic carbocycles. The fraction of sp³-hybridized carbons (Fsp3) is 0.0909. The summed E-state index contributed by atoms with van der Waals surface area (Å²) in [5, 5.41) is 2.76. The monoisotopic (exact) mass is 233 g/mol. The van der Waals surface area contributed by atoms with Gasteiger partial charge in [0.05, 0.1) is 11.7 Å². The summed E-state index contributed by atoms with van der Waals surface area (Å²) in [6.45, 7) is 1.92. The van der Waals surface area contributed by atoms with E-state index in [2.05, 4.69) is 10.3 Å². The van der Waals surface area contributed by atoms with Crippen LogP contribution in [-0.4, -0.2) is 10.9 Å². The normalized spacial score (nSPS) is 10.1. The van der Waals surface area contributed by atoms with E-state index in [1.54, 1.807) is 11.6 Å². The Morgan fingerprint density at radius 3 is 2.94 bits per heavy atom. The van der Waals surface area contributed by atoms with Crippen LogP contribution < -0.4 is 11.1 Å². The van der Waals surface area contributed by atoms with Crippen molar-refractivity contribution in [1.82, 2.24) is 4.98 Å². The number of amides is 1. The second-order valence-corrected chi connectivity index (χ2v) is 4.28. The molecule has 0 bridgehead atoms. The van der Waals surface area contributed by atoms with Crippen LogP contribution >= 0.6 is 11.3 Å². The fourth-order valence-electron chi connectivity index (χ4n) is 1.24. The van der Waals surface area contributed by atoms with Crippen molar-refractivity contribution in [3.8, 4) is 0 Å². The summed E-state index contributed by atoms with van der Waals surface area (Å²) < 4.78 is 0. The maximum absolute atomic E-state index is 11.7. The molecule has 1 heterocycles. The number of carbonyl (C=O) groups excluding carboxylic acids is 1. The Hall–Kier alpha value is -1.88. The number of nitrogen functional groups attached to an aromatic ring is 1. The Morgan fingerprint density at radius 1 is 1.50 bits per heavy atom. The van der Waals surface area contributed by atoms with Crippen molar-refractivity contribution < 1.29 is 4.79 Å². The highest BCUT2D eigenvalue weighted by Gasteiger charge is 2.07. The van der Waals surface area contributed by atoms with Crippen LogP contribution in [0.2, 0.25) is 0 Å². The number of benzene rings is 1. The molecule has 0 unspecified atom stereocenters. The van der Waals surface area contributed by atoms with Gasteiger partial charge >= 0.3 is 0 Å². The third kappa shape index (κ3) is 2.20. The number of nitrogens with zero attached hydrogens (tertiary/aromatic N) is 1. The molecule has 82 valence electrons. The van der Waals surface area contributed by atoms with E-state index in [0.717, 1.165) is 5.56 Å². The first-order chi connectivity index (χ1) is 7.66. The van der Waals surface area contributed by atoms with Gasteiger partial charge in [-0.2, -0.15) is 0 Å². The van der Waals surface area contributed by atoms with Gasteiger partial charge in [-0.15, -0.1) is 11.3 Å². The summed E-state index contributed by atoms with van der Waals surface area (Å²) in [6, 6.07) is 5.44. The lowest BCUT2D eigenvalue weighted by Crippen LogP contribution is -2.10. The molecule has 1 aromatic carbocycles. The molecule has 2 rings (SSSR count). The van der Waals surface area contributed by atoms with Crippen LogP contribution in [0.5, 0.6) is 0 Å². The molecular formula is C11H11N3OS. The summed E-state index contributed by atoms with van der Waals surface area (Å²) >= 11 is 1.30. The number of carbonyl (C=O) groups is 1. The zero-order valence-electron chi connectivity index (χ0n) is 8.73. The zero-order chi connectivity index (χ0) is 11.5. The fourth-order valence-corrected chi connectivity index (χ4v) is 1.75. The molecule has 4 nitrogen and oxygen atoms in total. The summed E-state index contributed by atoms with van der Waals surface area (Å²) in [4.78, 5) is 16.1. The number of hydrogen-bond acceptors (Lipinski definition) is 4. The highest BCUT2D eigenvalue weighted by Crippen LogP contribution is 2.18. The first-order valence-electron chi connectivity index (χ1n) is 4.73. The first-order valence-corrected chi connectivity index (χ1v) is 5.61. The predicted octanol–water partition coefficient (Wildman–Crippen LogP) is 2.29. The molecule has 0 aliphatic rings. The maximum atomic E-state index is 11.7. The van der Waals surface area contributed by atoms with E-state index in [4.69, 9.17) is 5.73 Å². The van der Waals surface area contributed by atoms with Gasteiger partial charge in [-0.1, -0.05) is 6.07 Å². The van der Waals surface area contributed by atoms with Crippen molar-refractivity contribution in [2.45, 2.75) is 6.92 Å². The van der Waals surface area contributed by atoms with Gasteiger partial charge in [0.2, 0.25) is 0 Å². The van der Waals surface area contributed by atoms with E-state index in [1.165, 1.54) is 17.5 Å². The van der Waals surface area contributed by atoms with Gasteiger partial charge < -0.3 is 11.1 Å². The van der Waals surface area contributed by atoms with Crippen molar-refractivity contribution >= 4 is 28.6 Å². The van der Waals surface area contributed by atoms with E-state index in [-0.39, 0.29) is 5.91 Å². The molecule has 2 aromatic rings. The van der Waals surface area contributed by atoms with Gasteiger partial charge in [-0.05, 0) is 24.6 Å². The van der Waals surface area contributed by atoms with Gasteiger partial charge in [0.25, 0.3) is 5.91 Å². The molecule has 3 N–H and O–H groups in total. The summed E-state index contributed by atoms with van der Waals surface area (Å²) in [7, 11) is 0. The third-order valence-electron chi connectivity index (χ3n) is 2.19. The van der Waals surface area contributed by atoms with Gasteiger partial charge in [-0.25, -0.2) is 0 Å². The number of aromatic nitrogens is 1. The molecule has 0 atom stereocenters. The number of nitrogens with one attached hydrogen (secondary N) is 1. The topological polar surface area (TPSA) is 68.0 Å². The minimum Gasteiger partial charge on any atom is -0.398 e. The van der Waals surface area contributed by atoms with Gasteiger partial charge in [0.15, 0.2) is 0 Å². The minimum atomic E-state index is -0.161. The summed E-state index contributed by atoms with van der Waals surface area (Å²) in [6.07, 6.45) is 1.54.